The number of nitrogens with zero attached hydrogens (tertiary/aromatic N) is 3. The van der Waals surface area contributed by atoms with Crippen LogP contribution in [0.15, 0.2) is 28.9 Å². The van der Waals surface area contributed by atoms with Gasteiger partial charge in [0.2, 0.25) is 11.0 Å². The number of rotatable bonds is 6. The molecule has 0 saturated heterocycles. The summed E-state index contributed by atoms with van der Waals surface area (Å²) in [4.78, 5) is 21.5. The summed E-state index contributed by atoms with van der Waals surface area (Å²) in [7, 11) is 0. The lowest BCUT2D eigenvalue weighted by atomic mass is 10.1. The number of hydrogen-bond donors (Lipinski definition) is 1. The van der Waals surface area contributed by atoms with E-state index in [9.17, 15) is 26.7 Å². The monoisotopic (exact) mass is 448 g/mol. The van der Waals surface area contributed by atoms with Crippen molar-refractivity contribution in [2.75, 3.05) is 6.61 Å². The van der Waals surface area contributed by atoms with Gasteiger partial charge in [0, 0.05) is 18.0 Å². The largest absolute Gasteiger partial charge is 0.490 e. The highest BCUT2D eigenvalue weighted by atomic mass is 35.5. The van der Waals surface area contributed by atoms with Gasteiger partial charge in [0.1, 0.15) is 17.1 Å². The molecule has 1 aromatic carbocycles. The summed E-state index contributed by atoms with van der Waals surface area (Å²) >= 11 is 5.90. The fraction of sp³-hybridized carbons (Fsp3) is 0.176. The second-order valence-electron chi connectivity index (χ2n) is 5.72. The molecule has 0 saturated carbocycles. The number of ether oxygens (including phenoxy) is 1. The minimum absolute atomic E-state index is 0.00404. The van der Waals surface area contributed by atoms with Crippen LogP contribution in [0.3, 0.4) is 0 Å². The van der Waals surface area contributed by atoms with Crippen LogP contribution in [0.4, 0.5) is 22.0 Å². The lowest BCUT2D eigenvalue weighted by Crippen LogP contribution is -2.16. The molecule has 2 heterocycles. The predicted octanol–water partition coefficient (Wildman–Crippen LogP) is 3.80. The number of alkyl halides is 3. The number of amides is 1. The Bertz CT molecular complexity index is 1090. The van der Waals surface area contributed by atoms with E-state index in [1.54, 1.807) is 0 Å². The van der Waals surface area contributed by atoms with Crippen LogP contribution in [0.5, 0.6) is 5.75 Å². The van der Waals surface area contributed by atoms with Crippen LogP contribution in [0, 0.1) is 11.6 Å². The smallest absolute Gasteiger partial charge is 0.451 e. The molecule has 2 N–H and O–H groups in total. The first kappa shape index (κ1) is 21.4. The first-order valence-corrected chi connectivity index (χ1v) is 8.41. The molecule has 0 fully saturated rings. The van der Waals surface area contributed by atoms with Gasteiger partial charge in [-0.15, -0.1) is 0 Å². The zero-order valence-electron chi connectivity index (χ0n) is 14.6. The van der Waals surface area contributed by atoms with E-state index in [0.29, 0.717) is 0 Å². The molecule has 2 aromatic heterocycles. The van der Waals surface area contributed by atoms with E-state index in [2.05, 4.69) is 15.0 Å². The van der Waals surface area contributed by atoms with Crippen LogP contribution < -0.4 is 10.5 Å². The fourth-order valence-electron chi connectivity index (χ4n) is 2.34. The van der Waals surface area contributed by atoms with Crippen LogP contribution in [-0.4, -0.2) is 27.5 Å². The van der Waals surface area contributed by atoms with Crippen molar-refractivity contribution in [3.05, 3.63) is 58.7 Å². The Labute approximate surface area is 169 Å². The quantitative estimate of drug-likeness (QED) is 0.575. The number of nitrogens with two attached hydrogens (primary N) is 1. The van der Waals surface area contributed by atoms with Gasteiger partial charge in [-0.2, -0.15) is 13.2 Å². The number of carbonyl (C=O) groups is 1. The van der Waals surface area contributed by atoms with Crippen molar-refractivity contribution in [2.45, 2.75) is 12.6 Å². The molecule has 30 heavy (non-hydrogen) atoms. The Morgan fingerprint density at radius 1 is 1.20 bits per heavy atom. The van der Waals surface area contributed by atoms with E-state index < -0.39 is 40.9 Å². The minimum Gasteiger partial charge on any atom is -0.490 e. The van der Waals surface area contributed by atoms with Crippen LogP contribution in [0.2, 0.25) is 5.22 Å². The van der Waals surface area contributed by atoms with Gasteiger partial charge >= 0.3 is 6.18 Å². The van der Waals surface area contributed by atoms with Gasteiger partial charge in [-0.25, -0.2) is 23.7 Å². The highest BCUT2D eigenvalue weighted by Crippen LogP contribution is 2.30. The first-order valence-electron chi connectivity index (χ1n) is 8.03. The summed E-state index contributed by atoms with van der Waals surface area (Å²) in [5, 5.41) is -0.225. The molecule has 0 radical (unpaired) electrons. The van der Waals surface area contributed by atoms with Gasteiger partial charge in [-0.3, -0.25) is 4.79 Å². The Morgan fingerprint density at radius 2 is 1.87 bits per heavy atom. The summed E-state index contributed by atoms with van der Waals surface area (Å²) in [6, 6.07) is 1.80. The van der Waals surface area contributed by atoms with E-state index in [1.165, 1.54) is 0 Å². The Hall–Kier alpha value is -3.28. The summed E-state index contributed by atoms with van der Waals surface area (Å²) in [5.41, 5.74) is 4.08. The van der Waals surface area contributed by atoms with Crippen LogP contribution in [-0.2, 0) is 12.6 Å². The number of hydrogen-bond acceptors (Lipinski definition) is 6. The zero-order valence-corrected chi connectivity index (χ0v) is 15.4. The molecule has 7 nitrogen and oxygen atoms in total. The van der Waals surface area contributed by atoms with Gasteiger partial charge in [-0.05, 0) is 23.7 Å². The molecule has 158 valence electrons. The van der Waals surface area contributed by atoms with Crippen LogP contribution in [0.1, 0.15) is 22.1 Å². The molecule has 3 aromatic rings. The lowest BCUT2D eigenvalue weighted by molar-refractivity contribution is -0.144. The predicted molar refractivity (Wildman–Crippen MR) is 91.6 cm³/mol. The van der Waals surface area contributed by atoms with Crippen molar-refractivity contribution in [3.8, 4) is 17.0 Å². The van der Waals surface area contributed by atoms with Gasteiger partial charge < -0.3 is 14.9 Å². The van der Waals surface area contributed by atoms with Gasteiger partial charge in [0.05, 0.1) is 13.0 Å². The van der Waals surface area contributed by atoms with Gasteiger partial charge in [-0.1, -0.05) is 0 Å². The summed E-state index contributed by atoms with van der Waals surface area (Å²) in [6.45, 7) is -0.208. The maximum Gasteiger partial charge on any atom is 0.451 e. The number of aromatic nitrogens is 3. The van der Waals surface area contributed by atoms with Crippen molar-refractivity contribution in [2.24, 2.45) is 5.73 Å². The average molecular weight is 449 g/mol. The average Bonchev–Trinajstić information content (AvgIpc) is 3.03. The van der Waals surface area contributed by atoms with E-state index >= 15 is 0 Å². The number of benzene rings is 1. The Morgan fingerprint density at radius 3 is 2.47 bits per heavy atom. The molecule has 0 aliphatic carbocycles. The second kappa shape index (κ2) is 8.22. The molecule has 0 bridgehead atoms. The van der Waals surface area contributed by atoms with Crippen molar-refractivity contribution in [3.63, 3.8) is 0 Å². The van der Waals surface area contributed by atoms with E-state index in [4.69, 9.17) is 26.5 Å². The van der Waals surface area contributed by atoms with Gasteiger partial charge in [0.15, 0.2) is 17.5 Å². The summed E-state index contributed by atoms with van der Waals surface area (Å²) in [5.74, 6) is -5.40. The molecule has 1 amide bonds. The molecule has 0 aliphatic rings. The van der Waals surface area contributed by atoms with E-state index in [0.717, 1.165) is 24.5 Å². The van der Waals surface area contributed by atoms with Crippen molar-refractivity contribution in [1.82, 2.24) is 15.0 Å². The van der Waals surface area contributed by atoms with Crippen molar-refractivity contribution in [1.29, 1.82) is 0 Å². The zero-order chi connectivity index (χ0) is 22.1. The fourth-order valence-corrected chi connectivity index (χ4v) is 2.58. The third kappa shape index (κ3) is 4.48. The normalized spacial score (nSPS) is 11.5. The molecule has 3 rings (SSSR count). The topological polar surface area (TPSA) is 104 Å². The summed E-state index contributed by atoms with van der Waals surface area (Å²) in [6.07, 6.45) is -2.96. The molecule has 13 heteroatoms. The maximum absolute atomic E-state index is 14.1. The highest BCUT2D eigenvalue weighted by Gasteiger charge is 2.34. The standard InChI is InChI=1S/C17H10ClF5N4O3/c18-14-13(7-5-25-16(26-6-7)17(21,22)23)27-10(30-14)3-4-29-9-2-1-8(19)11(12(9)20)15(24)28/h1-2,5-6H,3-4H2,(H2,24,28). The summed E-state index contributed by atoms with van der Waals surface area (Å²) < 4.78 is 75.5. The number of oxazole rings is 1. The minimum atomic E-state index is -4.70. The third-order valence-electron chi connectivity index (χ3n) is 3.68. The van der Waals surface area contributed by atoms with E-state index in [-0.39, 0.29) is 35.4 Å². The molecule has 0 aliphatic heterocycles. The molecule has 0 atom stereocenters. The Balaban J connectivity index is 1.70. The van der Waals surface area contributed by atoms with Crippen molar-refractivity contribution >= 4 is 17.5 Å². The van der Waals surface area contributed by atoms with Gasteiger partial charge in [0.25, 0.3) is 5.91 Å². The van der Waals surface area contributed by atoms with Crippen LogP contribution in [0.25, 0.3) is 11.3 Å². The third-order valence-corrected chi connectivity index (χ3v) is 3.94. The number of primary amides is 1. The molecule has 0 spiro atoms. The molecule has 0 unspecified atom stereocenters. The second-order valence-corrected chi connectivity index (χ2v) is 6.06. The van der Waals surface area contributed by atoms with Crippen LogP contribution >= 0.6 is 11.6 Å². The van der Waals surface area contributed by atoms with E-state index in [1.807, 2.05) is 0 Å². The number of halogens is 6. The molecular formula is C17H10ClF5N4O3. The SMILES string of the molecule is NC(=O)c1c(F)ccc(OCCc2nc(-c3cnc(C(F)(F)F)nc3)c(Cl)o2)c1F. The first-order chi connectivity index (χ1) is 14.1. The molecular weight excluding hydrogens is 439 g/mol. The maximum atomic E-state index is 14.1. The van der Waals surface area contributed by atoms with Crippen molar-refractivity contribution < 1.29 is 35.9 Å². The number of carbonyl (C=O) groups excluding carboxylic acids is 1. The lowest BCUT2D eigenvalue weighted by Gasteiger charge is -2.08. The highest BCUT2D eigenvalue weighted by molar-refractivity contribution is 6.31. The Kier molecular flexibility index (Phi) is 5.87.